The minimum Gasteiger partial charge on any atom is -0.348 e. The van der Waals surface area contributed by atoms with Crippen LogP contribution in [0.1, 0.15) is 43.0 Å². The summed E-state index contributed by atoms with van der Waals surface area (Å²) in [6, 6.07) is 5.60. The molecule has 1 saturated heterocycles. The molecule has 1 amide bonds. The monoisotopic (exact) mass is 388 g/mol. The Bertz CT molecular complexity index is 878. The topological polar surface area (TPSA) is 113 Å². The number of nitrogens with zero attached hydrogens (tertiary/aromatic N) is 4. The number of carbonyl (C=O) groups excluding carboxylic acids is 1. The number of hydrazine groups is 1. The van der Waals surface area contributed by atoms with Crippen molar-refractivity contribution in [1.82, 2.24) is 15.4 Å². The van der Waals surface area contributed by atoms with Crippen LogP contribution in [0.15, 0.2) is 30.6 Å². The van der Waals surface area contributed by atoms with Gasteiger partial charge in [0.25, 0.3) is 5.91 Å². The summed E-state index contributed by atoms with van der Waals surface area (Å²) in [4.78, 5) is 33.3. The standard InChI is InChI=1S/C18H21FN6O3/c1-2-12-7-5-6-10-24(12)17-15(25(27)28)16(20-11-21-17)22-23-18(26)13-8-3-4-9-14(13)19/h3-4,8-9,11-12H,2,5-7,10H2,1H3,(H,23,26)(H,20,21,22). The van der Waals surface area contributed by atoms with E-state index >= 15 is 0 Å². The Morgan fingerprint density at radius 2 is 2.14 bits per heavy atom. The van der Waals surface area contributed by atoms with E-state index in [0.717, 1.165) is 31.7 Å². The van der Waals surface area contributed by atoms with Crippen molar-refractivity contribution >= 4 is 23.2 Å². The lowest BCUT2D eigenvalue weighted by Gasteiger charge is -2.35. The van der Waals surface area contributed by atoms with Crippen LogP contribution in [0.5, 0.6) is 0 Å². The van der Waals surface area contributed by atoms with Gasteiger partial charge >= 0.3 is 5.69 Å². The van der Waals surface area contributed by atoms with E-state index in [4.69, 9.17) is 0 Å². The fourth-order valence-corrected chi connectivity index (χ4v) is 3.37. The molecule has 0 aliphatic carbocycles. The number of nitrogens with one attached hydrogen (secondary N) is 2. The minimum atomic E-state index is -0.767. The van der Waals surface area contributed by atoms with Crippen LogP contribution in [-0.4, -0.2) is 33.4 Å². The molecule has 9 nitrogen and oxygen atoms in total. The van der Waals surface area contributed by atoms with E-state index < -0.39 is 16.6 Å². The van der Waals surface area contributed by atoms with Crippen molar-refractivity contribution in [2.75, 3.05) is 16.9 Å². The molecule has 2 aromatic rings. The summed E-state index contributed by atoms with van der Waals surface area (Å²) in [6.07, 6.45) is 4.97. The van der Waals surface area contributed by atoms with Crippen LogP contribution in [0.25, 0.3) is 0 Å². The molecule has 0 spiro atoms. The van der Waals surface area contributed by atoms with Gasteiger partial charge in [0.1, 0.15) is 12.1 Å². The number of anilines is 2. The number of benzene rings is 1. The molecule has 2 heterocycles. The fourth-order valence-electron chi connectivity index (χ4n) is 3.37. The largest absolute Gasteiger partial charge is 0.355 e. The average molecular weight is 388 g/mol. The molecule has 0 bridgehead atoms. The first-order valence-electron chi connectivity index (χ1n) is 9.09. The Hall–Kier alpha value is -3.30. The molecule has 1 atom stereocenters. The summed E-state index contributed by atoms with van der Waals surface area (Å²) in [5.41, 5.74) is 4.20. The summed E-state index contributed by atoms with van der Waals surface area (Å²) in [5.74, 6) is -1.40. The average Bonchev–Trinajstić information content (AvgIpc) is 2.71. The summed E-state index contributed by atoms with van der Waals surface area (Å²) < 4.78 is 13.7. The molecular weight excluding hydrogens is 367 g/mol. The highest BCUT2D eigenvalue weighted by atomic mass is 19.1. The third kappa shape index (κ3) is 4.00. The van der Waals surface area contributed by atoms with Crippen molar-refractivity contribution in [3.8, 4) is 0 Å². The summed E-state index contributed by atoms with van der Waals surface area (Å²) in [7, 11) is 0. The maximum atomic E-state index is 13.7. The van der Waals surface area contributed by atoms with E-state index in [2.05, 4.69) is 20.8 Å². The first kappa shape index (κ1) is 19.5. The van der Waals surface area contributed by atoms with Crippen LogP contribution < -0.4 is 15.8 Å². The Morgan fingerprint density at radius 1 is 1.36 bits per heavy atom. The quantitative estimate of drug-likeness (QED) is 0.577. The second kappa shape index (κ2) is 8.59. The van der Waals surface area contributed by atoms with Crippen molar-refractivity contribution in [2.24, 2.45) is 0 Å². The number of carbonyl (C=O) groups is 1. The van der Waals surface area contributed by atoms with Crippen molar-refractivity contribution in [3.63, 3.8) is 0 Å². The van der Waals surface area contributed by atoms with Gasteiger partial charge in [0.15, 0.2) is 0 Å². The number of aromatic nitrogens is 2. The molecule has 1 aromatic heterocycles. The van der Waals surface area contributed by atoms with Crippen molar-refractivity contribution in [2.45, 2.75) is 38.6 Å². The highest BCUT2D eigenvalue weighted by Crippen LogP contribution is 2.35. The molecule has 0 radical (unpaired) electrons. The van der Waals surface area contributed by atoms with Crippen LogP contribution in [0.4, 0.5) is 21.7 Å². The van der Waals surface area contributed by atoms with Gasteiger partial charge in [0.05, 0.1) is 10.5 Å². The number of hydrogen-bond acceptors (Lipinski definition) is 7. The smallest absolute Gasteiger partial charge is 0.348 e. The van der Waals surface area contributed by atoms with E-state index in [9.17, 15) is 19.3 Å². The van der Waals surface area contributed by atoms with E-state index in [0.29, 0.717) is 6.54 Å². The number of piperidine rings is 1. The second-order valence-electron chi connectivity index (χ2n) is 6.46. The van der Waals surface area contributed by atoms with Gasteiger partial charge in [-0.3, -0.25) is 25.8 Å². The molecule has 1 aliphatic heterocycles. The molecule has 1 unspecified atom stereocenters. The maximum Gasteiger partial charge on any atom is 0.355 e. The normalized spacial score (nSPS) is 16.5. The zero-order valence-corrected chi connectivity index (χ0v) is 15.4. The third-order valence-corrected chi connectivity index (χ3v) is 4.77. The molecule has 1 aliphatic rings. The minimum absolute atomic E-state index is 0.153. The number of halogens is 1. The van der Waals surface area contributed by atoms with E-state index in [1.54, 1.807) is 0 Å². The highest BCUT2D eigenvalue weighted by Gasteiger charge is 2.32. The molecule has 0 saturated carbocycles. The highest BCUT2D eigenvalue weighted by molar-refractivity contribution is 5.95. The first-order valence-corrected chi connectivity index (χ1v) is 9.09. The Labute approximate surface area is 161 Å². The SMILES string of the molecule is CCC1CCCCN1c1ncnc(NNC(=O)c2ccccc2F)c1[N+](=O)[O-]. The van der Waals surface area contributed by atoms with Crippen LogP contribution in [0, 0.1) is 15.9 Å². The van der Waals surface area contributed by atoms with Crippen LogP contribution in [-0.2, 0) is 0 Å². The first-order chi connectivity index (χ1) is 13.5. The summed E-state index contributed by atoms with van der Waals surface area (Å²) in [6.45, 7) is 2.70. The van der Waals surface area contributed by atoms with E-state index in [-0.39, 0.29) is 28.9 Å². The van der Waals surface area contributed by atoms with E-state index in [1.165, 1.54) is 24.5 Å². The van der Waals surface area contributed by atoms with Gasteiger partial charge in [-0.25, -0.2) is 14.4 Å². The number of hydrogen-bond donors (Lipinski definition) is 2. The number of amides is 1. The Morgan fingerprint density at radius 3 is 2.86 bits per heavy atom. The van der Waals surface area contributed by atoms with Gasteiger partial charge in [0, 0.05) is 12.6 Å². The van der Waals surface area contributed by atoms with Crippen molar-refractivity contribution in [1.29, 1.82) is 0 Å². The van der Waals surface area contributed by atoms with Crippen LogP contribution >= 0.6 is 0 Å². The van der Waals surface area contributed by atoms with Gasteiger partial charge < -0.3 is 4.90 Å². The van der Waals surface area contributed by atoms with Gasteiger partial charge in [-0.15, -0.1) is 0 Å². The molecule has 10 heteroatoms. The van der Waals surface area contributed by atoms with Crippen molar-refractivity contribution in [3.05, 3.63) is 52.1 Å². The lowest BCUT2D eigenvalue weighted by molar-refractivity contribution is -0.383. The zero-order valence-electron chi connectivity index (χ0n) is 15.4. The van der Waals surface area contributed by atoms with Gasteiger partial charge in [-0.1, -0.05) is 19.1 Å². The van der Waals surface area contributed by atoms with Gasteiger partial charge in [-0.05, 0) is 37.8 Å². The predicted molar refractivity (Wildman–Crippen MR) is 101 cm³/mol. The third-order valence-electron chi connectivity index (χ3n) is 4.77. The molecule has 1 fully saturated rings. The lowest BCUT2D eigenvalue weighted by Crippen LogP contribution is -2.40. The van der Waals surface area contributed by atoms with Gasteiger partial charge in [-0.2, -0.15) is 0 Å². The predicted octanol–water partition coefficient (Wildman–Crippen LogP) is 3.05. The lowest BCUT2D eigenvalue weighted by atomic mass is 10.00. The molecule has 2 N–H and O–H groups in total. The molecule has 28 heavy (non-hydrogen) atoms. The molecule has 3 rings (SSSR count). The van der Waals surface area contributed by atoms with Crippen molar-refractivity contribution < 1.29 is 14.1 Å². The fraction of sp³-hybridized carbons (Fsp3) is 0.389. The molecular formula is C18H21FN6O3. The Balaban J connectivity index is 1.86. The van der Waals surface area contributed by atoms with Crippen LogP contribution in [0.2, 0.25) is 0 Å². The van der Waals surface area contributed by atoms with Crippen LogP contribution in [0.3, 0.4) is 0 Å². The summed E-state index contributed by atoms with van der Waals surface area (Å²) in [5, 5.41) is 11.7. The number of rotatable bonds is 6. The summed E-state index contributed by atoms with van der Waals surface area (Å²) >= 11 is 0. The molecule has 148 valence electrons. The second-order valence-corrected chi connectivity index (χ2v) is 6.46. The molecule has 1 aromatic carbocycles. The van der Waals surface area contributed by atoms with Gasteiger partial charge in [0.2, 0.25) is 11.6 Å². The Kier molecular flexibility index (Phi) is 5.97. The van der Waals surface area contributed by atoms with E-state index in [1.807, 2.05) is 11.8 Å². The zero-order chi connectivity index (χ0) is 20.1. The maximum absolute atomic E-state index is 13.7. The number of nitro groups is 1.